The number of hydrogen-bond acceptors (Lipinski definition) is 2. The number of halogens is 3. The second-order valence-electron chi connectivity index (χ2n) is 3.72. The maximum absolute atomic E-state index is 13.5. The molecular weight excluding hydrogens is 365 g/mol. The lowest BCUT2D eigenvalue weighted by Gasteiger charge is -2.08. The lowest BCUT2D eigenvalue weighted by molar-refractivity contribution is 0.290. The molecule has 18 heavy (non-hydrogen) atoms. The van der Waals surface area contributed by atoms with Crippen LogP contribution in [0.5, 0.6) is 5.75 Å². The van der Waals surface area contributed by atoms with Gasteiger partial charge in [0.05, 0.1) is 0 Å². The largest absolute Gasteiger partial charge is 0.486 e. The van der Waals surface area contributed by atoms with Gasteiger partial charge in [0.15, 0.2) is 11.6 Å². The first-order valence-corrected chi connectivity index (χ1v) is 6.76. The van der Waals surface area contributed by atoms with Crippen LogP contribution in [0.3, 0.4) is 0 Å². The summed E-state index contributed by atoms with van der Waals surface area (Å²) in [7, 11) is 0. The highest BCUT2D eigenvalue weighted by Gasteiger charge is 2.05. The van der Waals surface area contributed by atoms with Crippen LogP contribution in [-0.4, -0.2) is 0 Å². The van der Waals surface area contributed by atoms with Crippen molar-refractivity contribution in [2.45, 2.75) is 6.61 Å². The van der Waals surface area contributed by atoms with Crippen molar-refractivity contribution in [2.75, 3.05) is 5.73 Å². The Morgan fingerprint density at radius 3 is 2.56 bits per heavy atom. The standard InChI is InChI=1S/C13H10Br2FNO/c14-9-2-4-13(11(16)6-9)18-7-8-1-3-10(15)12(17)5-8/h1-6H,7,17H2. The molecule has 0 aromatic heterocycles. The van der Waals surface area contributed by atoms with Crippen LogP contribution in [-0.2, 0) is 6.61 Å². The molecule has 2 nitrogen and oxygen atoms in total. The molecule has 2 aromatic carbocycles. The number of rotatable bonds is 3. The average Bonchev–Trinajstić information content (AvgIpc) is 2.32. The molecule has 94 valence electrons. The summed E-state index contributed by atoms with van der Waals surface area (Å²) in [5, 5.41) is 0. The minimum Gasteiger partial charge on any atom is -0.486 e. The Morgan fingerprint density at radius 2 is 1.89 bits per heavy atom. The van der Waals surface area contributed by atoms with Gasteiger partial charge in [0.25, 0.3) is 0 Å². The highest BCUT2D eigenvalue weighted by molar-refractivity contribution is 9.10. The molecule has 0 radical (unpaired) electrons. The third-order valence-electron chi connectivity index (χ3n) is 2.35. The predicted octanol–water partition coefficient (Wildman–Crippen LogP) is 4.51. The van der Waals surface area contributed by atoms with Gasteiger partial charge in [0, 0.05) is 14.6 Å². The van der Waals surface area contributed by atoms with E-state index in [9.17, 15) is 4.39 Å². The fourth-order valence-electron chi connectivity index (χ4n) is 1.44. The van der Waals surface area contributed by atoms with E-state index >= 15 is 0 Å². The molecule has 2 aromatic rings. The summed E-state index contributed by atoms with van der Waals surface area (Å²) in [6.45, 7) is 0.274. The quantitative estimate of drug-likeness (QED) is 0.802. The van der Waals surface area contributed by atoms with E-state index in [0.717, 1.165) is 10.0 Å². The van der Waals surface area contributed by atoms with Crippen molar-refractivity contribution in [3.8, 4) is 5.75 Å². The van der Waals surface area contributed by atoms with Gasteiger partial charge in [-0.1, -0.05) is 22.0 Å². The van der Waals surface area contributed by atoms with Crippen LogP contribution in [0.25, 0.3) is 0 Å². The van der Waals surface area contributed by atoms with Crippen molar-refractivity contribution in [1.29, 1.82) is 0 Å². The molecule has 0 aliphatic carbocycles. The van der Waals surface area contributed by atoms with Gasteiger partial charge < -0.3 is 10.5 Å². The highest BCUT2D eigenvalue weighted by atomic mass is 79.9. The van der Waals surface area contributed by atoms with E-state index < -0.39 is 5.82 Å². The maximum atomic E-state index is 13.5. The molecule has 0 saturated heterocycles. The zero-order valence-corrected chi connectivity index (χ0v) is 12.5. The molecule has 2 N–H and O–H groups in total. The Bertz CT molecular complexity index is 575. The van der Waals surface area contributed by atoms with Gasteiger partial charge in [-0.15, -0.1) is 0 Å². The molecule has 2 rings (SSSR count). The molecule has 0 atom stereocenters. The molecule has 0 saturated carbocycles. The zero-order chi connectivity index (χ0) is 13.1. The zero-order valence-electron chi connectivity index (χ0n) is 9.29. The molecule has 0 bridgehead atoms. The number of nitrogen functional groups attached to an aromatic ring is 1. The molecule has 0 amide bonds. The summed E-state index contributed by atoms with van der Waals surface area (Å²) < 4.78 is 20.4. The summed E-state index contributed by atoms with van der Waals surface area (Å²) in [4.78, 5) is 0. The van der Waals surface area contributed by atoms with E-state index in [1.165, 1.54) is 6.07 Å². The van der Waals surface area contributed by atoms with Crippen LogP contribution in [0.1, 0.15) is 5.56 Å². The topological polar surface area (TPSA) is 35.2 Å². The van der Waals surface area contributed by atoms with E-state index in [4.69, 9.17) is 10.5 Å². The maximum Gasteiger partial charge on any atom is 0.166 e. The number of anilines is 1. The molecule has 5 heteroatoms. The molecule has 0 aliphatic heterocycles. The monoisotopic (exact) mass is 373 g/mol. The first-order chi connectivity index (χ1) is 8.56. The lowest BCUT2D eigenvalue weighted by atomic mass is 10.2. The van der Waals surface area contributed by atoms with Crippen LogP contribution < -0.4 is 10.5 Å². The van der Waals surface area contributed by atoms with Crippen molar-refractivity contribution in [3.63, 3.8) is 0 Å². The molecule has 0 spiro atoms. The minimum absolute atomic E-state index is 0.222. The second-order valence-corrected chi connectivity index (χ2v) is 5.49. The summed E-state index contributed by atoms with van der Waals surface area (Å²) in [5.74, 6) is -0.172. The van der Waals surface area contributed by atoms with Crippen molar-refractivity contribution < 1.29 is 9.13 Å². The molecule has 0 heterocycles. The molecule has 0 fully saturated rings. The lowest BCUT2D eigenvalue weighted by Crippen LogP contribution is -1.98. The van der Waals surface area contributed by atoms with Gasteiger partial charge in [-0.2, -0.15) is 0 Å². The third kappa shape index (κ3) is 3.23. The van der Waals surface area contributed by atoms with Crippen LogP contribution >= 0.6 is 31.9 Å². The minimum atomic E-state index is -0.394. The van der Waals surface area contributed by atoms with Crippen LogP contribution in [0.4, 0.5) is 10.1 Å². The Kier molecular flexibility index (Phi) is 4.24. The SMILES string of the molecule is Nc1cc(COc2ccc(Br)cc2F)ccc1Br. The summed E-state index contributed by atoms with van der Waals surface area (Å²) >= 11 is 6.51. The Labute approximate surface area is 121 Å². The predicted molar refractivity (Wildman–Crippen MR) is 77.0 cm³/mol. The van der Waals surface area contributed by atoms with Gasteiger partial charge in [-0.3, -0.25) is 0 Å². The summed E-state index contributed by atoms with van der Waals surface area (Å²) in [5.41, 5.74) is 7.28. The normalized spacial score (nSPS) is 10.4. The molecule has 0 unspecified atom stereocenters. The highest BCUT2D eigenvalue weighted by Crippen LogP contribution is 2.24. The van der Waals surface area contributed by atoms with E-state index in [-0.39, 0.29) is 12.4 Å². The van der Waals surface area contributed by atoms with Crippen molar-refractivity contribution in [3.05, 3.63) is 56.7 Å². The van der Waals surface area contributed by atoms with Crippen LogP contribution in [0.2, 0.25) is 0 Å². The Balaban J connectivity index is 2.09. The van der Waals surface area contributed by atoms with Gasteiger partial charge in [0.1, 0.15) is 6.61 Å². The van der Waals surface area contributed by atoms with Crippen LogP contribution in [0, 0.1) is 5.82 Å². The number of benzene rings is 2. The van der Waals surface area contributed by atoms with E-state index in [2.05, 4.69) is 31.9 Å². The van der Waals surface area contributed by atoms with Gasteiger partial charge in [-0.05, 0) is 51.8 Å². The fraction of sp³-hybridized carbons (Fsp3) is 0.0769. The number of nitrogens with two attached hydrogens (primary N) is 1. The summed E-state index contributed by atoms with van der Waals surface area (Å²) in [6, 6.07) is 10.2. The van der Waals surface area contributed by atoms with E-state index in [1.54, 1.807) is 18.2 Å². The number of ether oxygens (including phenoxy) is 1. The Hall–Kier alpha value is -1.07. The van der Waals surface area contributed by atoms with Crippen molar-refractivity contribution >= 4 is 37.5 Å². The first kappa shape index (κ1) is 13.4. The van der Waals surface area contributed by atoms with Crippen LogP contribution in [0.15, 0.2) is 45.3 Å². The van der Waals surface area contributed by atoms with Gasteiger partial charge >= 0.3 is 0 Å². The second kappa shape index (κ2) is 5.71. The van der Waals surface area contributed by atoms with Gasteiger partial charge in [0.2, 0.25) is 0 Å². The number of hydrogen-bond donors (Lipinski definition) is 1. The summed E-state index contributed by atoms with van der Waals surface area (Å²) in [6.07, 6.45) is 0. The molecular formula is C13H10Br2FNO. The third-order valence-corrected chi connectivity index (χ3v) is 3.56. The van der Waals surface area contributed by atoms with Gasteiger partial charge in [-0.25, -0.2) is 4.39 Å². The van der Waals surface area contributed by atoms with Crippen molar-refractivity contribution in [2.24, 2.45) is 0 Å². The first-order valence-electron chi connectivity index (χ1n) is 5.18. The smallest absolute Gasteiger partial charge is 0.166 e. The van der Waals surface area contributed by atoms with E-state index in [0.29, 0.717) is 10.2 Å². The van der Waals surface area contributed by atoms with E-state index in [1.807, 2.05) is 12.1 Å². The Morgan fingerprint density at radius 1 is 1.11 bits per heavy atom. The molecule has 0 aliphatic rings. The fourth-order valence-corrected chi connectivity index (χ4v) is 2.02. The average molecular weight is 375 g/mol. The van der Waals surface area contributed by atoms with Crippen molar-refractivity contribution in [1.82, 2.24) is 0 Å².